The Morgan fingerprint density at radius 2 is 1.73 bits per heavy atom. The Balaban J connectivity index is 2.45. The van der Waals surface area contributed by atoms with Crippen molar-refractivity contribution >= 4 is 0 Å². The zero-order valence-corrected chi connectivity index (χ0v) is 10.2. The highest BCUT2D eigenvalue weighted by molar-refractivity contribution is 5.14. The van der Waals surface area contributed by atoms with Crippen LogP contribution in [0.4, 0.5) is 0 Å². The second kappa shape index (κ2) is 5.86. The molecule has 0 saturated carbocycles. The van der Waals surface area contributed by atoms with Crippen LogP contribution in [-0.2, 0) is 0 Å². The Morgan fingerprint density at radius 3 is 2.27 bits per heavy atom. The molecule has 1 rings (SSSR count). The van der Waals surface area contributed by atoms with Gasteiger partial charge in [0.15, 0.2) is 0 Å². The zero-order valence-electron chi connectivity index (χ0n) is 10.2. The lowest BCUT2D eigenvalue weighted by molar-refractivity contribution is 0.406. The first-order valence-corrected chi connectivity index (χ1v) is 5.75. The van der Waals surface area contributed by atoms with Gasteiger partial charge in [0.25, 0.3) is 0 Å². The molecule has 0 spiro atoms. The Kier molecular flexibility index (Phi) is 4.76. The molecule has 0 aliphatic carbocycles. The number of hydrogen-bond donors (Lipinski definition) is 1. The van der Waals surface area contributed by atoms with Gasteiger partial charge < -0.3 is 5.32 Å². The van der Waals surface area contributed by atoms with E-state index in [2.05, 4.69) is 50.1 Å². The molecule has 2 nitrogen and oxygen atoms in total. The normalized spacial score (nSPS) is 15.3. The second-order valence-corrected chi connectivity index (χ2v) is 4.70. The first-order chi connectivity index (χ1) is 7.09. The number of rotatable bonds is 5. The molecular formula is C13H22N2. The summed E-state index contributed by atoms with van der Waals surface area (Å²) in [6.45, 7) is 8.97. The molecule has 0 bridgehead atoms. The van der Waals surface area contributed by atoms with E-state index in [0.29, 0.717) is 12.1 Å². The third kappa shape index (κ3) is 4.43. The van der Waals surface area contributed by atoms with Crippen LogP contribution in [0.15, 0.2) is 24.5 Å². The van der Waals surface area contributed by atoms with Crippen molar-refractivity contribution in [2.24, 2.45) is 5.92 Å². The van der Waals surface area contributed by atoms with Gasteiger partial charge in [0.1, 0.15) is 0 Å². The van der Waals surface area contributed by atoms with E-state index in [1.165, 1.54) is 12.0 Å². The van der Waals surface area contributed by atoms with E-state index in [1.807, 2.05) is 12.4 Å². The summed E-state index contributed by atoms with van der Waals surface area (Å²) in [6, 6.07) is 5.11. The van der Waals surface area contributed by atoms with Crippen LogP contribution in [0.1, 0.15) is 45.7 Å². The topological polar surface area (TPSA) is 24.9 Å². The molecule has 0 saturated heterocycles. The lowest BCUT2D eigenvalue weighted by atomic mass is 10.0. The summed E-state index contributed by atoms with van der Waals surface area (Å²) in [5, 5.41) is 3.60. The van der Waals surface area contributed by atoms with Crippen molar-refractivity contribution in [1.29, 1.82) is 0 Å². The maximum atomic E-state index is 4.03. The first-order valence-electron chi connectivity index (χ1n) is 5.75. The van der Waals surface area contributed by atoms with E-state index in [0.717, 1.165) is 5.92 Å². The summed E-state index contributed by atoms with van der Waals surface area (Å²) in [5.74, 6) is 0.747. The van der Waals surface area contributed by atoms with E-state index >= 15 is 0 Å². The minimum absolute atomic E-state index is 0.404. The monoisotopic (exact) mass is 206 g/mol. The van der Waals surface area contributed by atoms with Gasteiger partial charge in [-0.15, -0.1) is 0 Å². The highest BCUT2D eigenvalue weighted by atomic mass is 14.9. The molecule has 0 aliphatic heterocycles. The Labute approximate surface area is 93.1 Å². The van der Waals surface area contributed by atoms with E-state index in [4.69, 9.17) is 0 Å². The summed E-state index contributed by atoms with van der Waals surface area (Å²) in [7, 11) is 0. The Hall–Kier alpha value is -0.890. The summed E-state index contributed by atoms with van der Waals surface area (Å²) >= 11 is 0. The maximum Gasteiger partial charge on any atom is 0.0295 e. The highest BCUT2D eigenvalue weighted by Gasteiger charge is 2.10. The van der Waals surface area contributed by atoms with E-state index in [1.54, 1.807) is 0 Å². The predicted molar refractivity (Wildman–Crippen MR) is 64.7 cm³/mol. The van der Waals surface area contributed by atoms with Crippen LogP contribution < -0.4 is 5.32 Å². The number of nitrogens with zero attached hydrogens (tertiary/aromatic N) is 1. The molecule has 0 aliphatic rings. The number of pyridine rings is 1. The maximum absolute atomic E-state index is 4.03. The summed E-state index contributed by atoms with van der Waals surface area (Å²) < 4.78 is 0. The predicted octanol–water partition coefficient (Wildman–Crippen LogP) is 3.17. The van der Waals surface area contributed by atoms with Gasteiger partial charge >= 0.3 is 0 Å². The summed E-state index contributed by atoms with van der Waals surface area (Å²) in [4.78, 5) is 4.03. The number of nitrogens with one attached hydrogen (secondary N) is 1. The summed E-state index contributed by atoms with van der Waals surface area (Å²) in [5.41, 5.74) is 1.31. The van der Waals surface area contributed by atoms with Crippen LogP contribution in [0.3, 0.4) is 0 Å². The number of hydrogen-bond acceptors (Lipinski definition) is 2. The highest BCUT2D eigenvalue weighted by Crippen LogP contribution is 2.13. The molecule has 1 unspecified atom stereocenters. The number of aromatic nitrogens is 1. The molecule has 84 valence electrons. The van der Waals surface area contributed by atoms with Gasteiger partial charge in [0, 0.05) is 24.5 Å². The molecule has 1 heterocycles. The van der Waals surface area contributed by atoms with Gasteiger partial charge in [-0.3, -0.25) is 4.98 Å². The van der Waals surface area contributed by atoms with Crippen LogP contribution in [-0.4, -0.2) is 11.0 Å². The van der Waals surface area contributed by atoms with Crippen LogP contribution in [0.2, 0.25) is 0 Å². The van der Waals surface area contributed by atoms with Gasteiger partial charge in [-0.25, -0.2) is 0 Å². The van der Waals surface area contributed by atoms with E-state index in [9.17, 15) is 0 Å². The summed E-state index contributed by atoms with van der Waals surface area (Å²) in [6.07, 6.45) is 4.91. The van der Waals surface area contributed by atoms with Gasteiger partial charge in [-0.1, -0.05) is 13.8 Å². The minimum Gasteiger partial charge on any atom is -0.308 e. The fourth-order valence-corrected chi connectivity index (χ4v) is 1.95. The van der Waals surface area contributed by atoms with Gasteiger partial charge in [0.2, 0.25) is 0 Å². The molecule has 0 amide bonds. The van der Waals surface area contributed by atoms with Crippen LogP contribution in [0.5, 0.6) is 0 Å². The smallest absolute Gasteiger partial charge is 0.0295 e. The third-order valence-corrected chi connectivity index (χ3v) is 2.57. The van der Waals surface area contributed by atoms with Crippen molar-refractivity contribution in [2.45, 2.75) is 46.2 Å². The molecule has 2 heteroatoms. The second-order valence-electron chi connectivity index (χ2n) is 4.70. The fraction of sp³-hybridized carbons (Fsp3) is 0.615. The Morgan fingerprint density at radius 1 is 1.13 bits per heavy atom. The molecule has 0 aromatic carbocycles. The van der Waals surface area contributed by atoms with Crippen molar-refractivity contribution < 1.29 is 0 Å². The van der Waals surface area contributed by atoms with E-state index < -0.39 is 0 Å². The van der Waals surface area contributed by atoms with Crippen molar-refractivity contribution in [3.05, 3.63) is 30.1 Å². The molecule has 0 fully saturated rings. The van der Waals surface area contributed by atoms with E-state index in [-0.39, 0.29) is 0 Å². The average molecular weight is 206 g/mol. The van der Waals surface area contributed by atoms with Gasteiger partial charge in [-0.05, 0) is 43.9 Å². The molecule has 15 heavy (non-hydrogen) atoms. The first kappa shape index (κ1) is 12.2. The van der Waals surface area contributed by atoms with Crippen molar-refractivity contribution in [2.75, 3.05) is 0 Å². The molecule has 2 atom stereocenters. The molecule has 1 aromatic heterocycles. The van der Waals surface area contributed by atoms with Crippen LogP contribution in [0, 0.1) is 5.92 Å². The SMILES string of the molecule is CC(C)CC(C)N[C@H](C)c1ccncc1. The molecule has 0 radical (unpaired) electrons. The molecule has 1 N–H and O–H groups in total. The fourth-order valence-electron chi connectivity index (χ4n) is 1.95. The zero-order chi connectivity index (χ0) is 11.3. The quantitative estimate of drug-likeness (QED) is 0.800. The van der Waals surface area contributed by atoms with Crippen molar-refractivity contribution in [3.63, 3.8) is 0 Å². The lowest BCUT2D eigenvalue weighted by Crippen LogP contribution is -2.30. The van der Waals surface area contributed by atoms with Crippen molar-refractivity contribution in [3.8, 4) is 0 Å². The van der Waals surface area contributed by atoms with Gasteiger partial charge in [-0.2, -0.15) is 0 Å². The molecule has 1 aromatic rings. The molecular weight excluding hydrogens is 184 g/mol. The standard InChI is InChI=1S/C13H22N2/c1-10(2)9-11(3)15-12(4)13-5-7-14-8-6-13/h5-8,10-12,15H,9H2,1-4H3/t11?,12-/m1/s1. The van der Waals surface area contributed by atoms with Crippen LogP contribution in [0.25, 0.3) is 0 Å². The van der Waals surface area contributed by atoms with Crippen LogP contribution >= 0.6 is 0 Å². The van der Waals surface area contributed by atoms with Gasteiger partial charge in [0.05, 0.1) is 0 Å². The lowest BCUT2D eigenvalue weighted by Gasteiger charge is -2.21. The van der Waals surface area contributed by atoms with Crippen molar-refractivity contribution in [1.82, 2.24) is 10.3 Å². The average Bonchev–Trinajstić information content (AvgIpc) is 2.17. The third-order valence-electron chi connectivity index (χ3n) is 2.57. The Bertz CT molecular complexity index is 269. The minimum atomic E-state index is 0.404. The largest absolute Gasteiger partial charge is 0.308 e.